The third-order valence-corrected chi connectivity index (χ3v) is 5.08. The molecule has 6 nitrogen and oxygen atoms in total. The van der Waals surface area contributed by atoms with Crippen LogP contribution in [0.15, 0.2) is 22.5 Å². The second-order valence-corrected chi connectivity index (χ2v) is 7.45. The van der Waals surface area contributed by atoms with Gasteiger partial charge in [0.2, 0.25) is 5.91 Å². The number of rotatable bonds is 8. The van der Waals surface area contributed by atoms with Crippen LogP contribution in [-0.4, -0.2) is 63.2 Å². The van der Waals surface area contributed by atoms with Crippen LogP contribution in [0.1, 0.15) is 30.6 Å². The summed E-state index contributed by atoms with van der Waals surface area (Å²) in [6.45, 7) is 2.62. The van der Waals surface area contributed by atoms with Gasteiger partial charge in [0.05, 0.1) is 6.10 Å². The minimum atomic E-state index is -0.00466. The second-order valence-electron chi connectivity index (χ2n) is 6.41. The van der Waals surface area contributed by atoms with E-state index in [0.29, 0.717) is 12.1 Å². The molecule has 1 aromatic heterocycles. The molecule has 1 unspecified atom stereocenters. The number of nitrogens with one attached hydrogen (secondary N) is 2. The van der Waals surface area contributed by atoms with Crippen molar-refractivity contribution in [3.8, 4) is 0 Å². The van der Waals surface area contributed by atoms with E-state index in [1.807, 2.05) is 0 Å². The second kappa shape index (κ2) is 13.3. The normalized spacial score (nSPS) is 17.3. The maximum Gasteiger partial charge on any atom is 0.243 e. The molecule has 26 heavy (non-hydrogen) atoms. The topological polar surface area (TPSA) is 66.0 Å². The molecule has 0 spiro atoms. The largest absolute Gasteiger partial charge is 0.378 e. The van der Waals surface area contributed by atoms with Crippen LogP contribution in [0, 0.1) is 0 Å². The molecule has 1 fully saturated rings. The van der Waals surface area contributed by atoms with Crippen LogP contribution < -0.4 is 10.6 Å². The predicted octanol–water partition coefficient (Wildman–Crippen LogP) is 2.49. The standard InChI is InChI=1S/C18H30N4O2S.HI/c1-22(2)17(23)14-21-18(20-11-9-16-7-5-13-25-16)19-10-8-15-6-3-4-12-24-15;/h5,7,13,15H,3-4,6,8-12,14H2,1-2H3,(H2,19,20,21);1H. The van der Waals surface area contributed by atoms with Gasteiger partial charge in [-0.2, -0.15) is 0 Å². The highest BCUT2D eigenvalue weighted by Gasteiger charge is 2.13. The highest BCUT2D eigenvalue weighted by atomic mass is 127. The van der Waals surface area contributed by atoms with Crippen molar-refractivity contribution < 1.29 is 9.53 Å². The van der Waals surface area contributed by atoms with Gasteiger partial charge in [-0.05, 0) is 43.6 Å². The fraction of sp³-hybridized carbons (Fsp3) is 0.667. The molecular formula is C18H31IN4O2S. The molecule has 1 amide bonds. The Hall–Kier alpha value is -0.870. The van der Waals surface area contributed by atoms with Crippen molar-refractivity contribution in [3.05, 3.63) is 22.4 Å². The molecule has 1 atom stereocenters. The quantitative estimate of drug-likeness (QED) is 0.331. The van der Waals surface area contributed by atoms with Crippen LogP contribution in [0.5, 0.6) is 0 Å². The van der Waals surface area contributed by atoms with Gasteiger partial charge in [-0.1, -0.05) is 6.07 Å². The molecule has 2 rings (SSSR count). The van der Waals surface area contributed by atoms with E-state index in [0.717, 1.165) is 39.0 Å². The van der Waals surface area contributed by atoms with Crippen LogP contribution in [0.2, 0.25) is 0 Å². The molecule has 0 aliphatic carbocycles. The van der Waals surface area contributed by atoms with Gasteiger partial charge in [-0.15, -0.1) is 35.3 Å². The third kappa shape index (κ3) is 9.18. The van der Waals surface area contributed by atoms with E-state index in [-0.39, 0.29) is 36.4 Å². The Morgan fingerprint density at radius 2 is 2.15 bits per heavy atom. The maximum atomic E-state index is 11.8. The van der Waals surface area contributed by atoms with Crippen LogP contribution in [0.25, 0.3) is 0 Å². The average Bonchev–Trinajstić information content (AvgIpc) is 3.13. The van der Waals surface area contributed by atoms with Crippen LogP contribution in [-0.2, 0) is 16.0 Å². The third-order valence-electron chi connectivity index (χ3n) is 4.15. The minimum Gasteiger partial charge on any atom is -0.378 e. The fourth-order valence-corrected chi connectivity index (χ4v) is 3.32. The first-order valence-corrected chi connectivity index (χ1v) is 9.89. The number of ether oxygens (including phenoxy) is 1. The number of guanidine groups is 1. The van der Waals surface area contributed by atoms with Crippen molar-refractivity contribution in [2.75, 3.05) is 40.3 Å². The lowest BCUT2D eigenvalue weighted by Gasteiger charge is -2.23. The van der Waals surface area contributed by atoms with E-state index in [4.69, 9.17) is 4.74 Å². The van der Waals surface area contributed by atoms with Gasteiger partial charge >= 0.3 is 0 Å². The lowest BCUT2D eigenvalue weighted by Crippen LogP contribution is -2.40. The Labute approximate surface area is 177 Å². The number of hydrogen-bond acceptors (Lipinski definition) is 4. The molecule has 8 heteroatoms. The number of nitrogens with zero attached hydrogens (tertiary/aromatic N) is 2. The molecule has 2 N–H and O–H groups in total. The fourth-order valence-electron chi connectivity index (χ4n) is 2.61. The number of hydrogen-bond donors (Lipinski definition) is 2. The predicted molar refractivity (Wildman–Crippen MR) is 119 cm³/mol. The summed E-state index contributed by atoms with van der Waals surface area (Å²) in [6, 6.07) is 4.19. The summed E-state index contributed by atoms with van der Waals surface area (Å²) >= 11 is 1.76. The zero-order chi connectivity index (χ0) is 17.9. The molecule has 2 heterocycles. The van der Waals surface area contributed by atoms with E-state index in [9.17, 15) is 4.79 Å². The van der Waals surface area contributed by atoms with E-state index in [1.165, 1.54) is 17.7 Å². The maximum absolute atomic E-state index is 11.8. The summed E-state index contributed by atoms with van der Waals surface area (Å²) in [4.78, 5) is 19.1. The number of carbonyl (C=O) groups is 1. The number of thiophene rings is 1. The number of aliphatic imine (C=N–C) groups is 1. The van der Waals surface area contributed by atoms with Gasteiger partial charge in [0.25, 0.3) is 0 Å². The number of halogens is 1. The zero-order valence-electron chi connectivity index (χ0n) is 15.7. The number of amides is 1. The van der Waals surface area contributed by atoms with Gasteiger partial charge in [0.1, 0.15) is 6.54 Å². The monoisotopic (exact) mass is 494 g/mol. The lowest BCUT2D eigenvalue weighted by atomic mass is 10.1. The Balaban J connectivity index is 0.00000338. The molecule has 0 aromatic carbocycles. The van der Waals surface area contributed by atoms with Crippen LogP contribution in [0.3, 0.4) is 0 Å². The molecule has 1 aliphatic heterocycles. The van der Waals surface area contributed by atoms with Crippen molar-refractivity contribution in [1.82, 2.24) is 15.5 Å². The first-order chi connectivity index (χ1) is 12.1. The Morgan fingerprint density at radius 3 is 2.81 bits per heavy atom. The van der Waals surface area contributed by atoms with Gasteiger partial charge in [-0.3, -0.25) is 4.79 Å². The first kappa shape index (κ1) is 23.2. The smallest absolute Gasteiger partial charge is 0.243 e. The van der Waals surface area contributed by atoms with Crippen molar-refractivity contribution >= 4 is 47.2 Å². The first-order valence-electron chi connectivity index (χ1n) is 9.01. The van der Waals surface area contributed by atoms with E-state index < -0.39 is 0 Å². The molecule has 0 radical (unpaired) electrons. The highest BCUT2D eigenvalue weighted by Crippen LogP contribution is 2.14. The van der Waals surface area contributed by atoms with Crippen LogP contribution in [0.4, 0.5) is 0 Å². The van der Waals surface area contributed by atoms with Gasteiger partial charge in [-0.25, -0.2) is 4.99 Å². The molecule has 0 saturated carbocycles. The van der Waals surface area contributed by atoms with Crippen molar-refractivity contribution in [1.29, 1.82) is 0 Å². The number of likely N-dealkylation sites (N-methyl/N-ethyl adjacent to an activating group) is 1. The van der Waals surface area contributed by atoms with Gasteiger partial charge < -0.3 is 20.3 Å². The molecule has 1 aromatic rings. The summed E-state index contributed by atoms with van der Waals surface area (Å²) in [7, 11) is 3.49. The summed E-state index contributed by atoms with van der Waals surface area (Å²) in [6.07, 6.45) is 5.82. The van der Waals surface area contributed by atoms with Crippen LogP contribution >= 0.6 is 35.3 Å². The van der Waals surface area contributed by atoms with Crippen molar-refractivity contribution in [2.24, 2.45) is 4.99 Å². The highest BCUT2D eigenvalue weighted by molar-refractivity contribution is 14.0. The molecular weight excluding hydrogens is 463 g/mol. The molecule has 0 bridgehead atoms. The molecule has 1 saturated heterocycles. The van der Waals surface area contributed by atoms with Gasteiger partial charge in [0.15, 0.2) is 5.96 Å². The van der Waals surface area contributed by atoms with Gasteiger partial charge in [0, 0.05) is 38.7 Å². The summed E-state index contributed by atoms with van der Waals surface area (Å²) in [5.74, 6) is 0.692. The molecule has 148 valence electrons. The lowest BCUT2D eigenvalue weighted by molar-refractivity contribution is -0.127. The van der Waals surface area contributed by atoms with E-state index in [2.05, 4.69) is 33.1 Å². The van der Waals surface area contributed by atoms with Crippen molar-refractivity contribution in [3.63, 3.8) is 0 Å². The van der Waals surface area contributed by atoms with E-state index in [1.54, 1.807) is 30.3 Å². The summed E-state index contributed by atoms with van der Waals surface area (Å²) in [5, 5.41) is 8.74. The number of carbonyl (C=O) groups excluding carboxylic acids is 1. The summed E-state index contributed by atoms with van der Waals surface area (Å²) < 4.78 is 5.76. The molecule has 1 aliphatic rings. The minimum absolute atomic E-state index is 0. The zero-order valence-corrected chi connectivity index (χ0v) is 18.8. The summed E-state index contributed by atoms with van der Waals surface area (Å²) in [5.41, 5.74) is 0. The SMILES string of the molecule is CN(C)C(=O)CN=C(NCCc1cccs1)NCCC1CCCCO1.I. The van der Waals surface area contributed by atoms with Crippen molar-refractivity contribution in [2.45, 2.75) is 38.2 Å². The Morgan fingerprint density at radius 1 is 1.35 bits per heavy atom. The Kier molecular flexibility index (Phi) is 11.9. The Bertz CT molecular complexity index is 531. The average molecular weight is 494 g/mol. The van der Waals surface area contributed by atoms with E-state index >= 15 is 0 Å².